The van der Waals surface area contributed by atoms with Crippen molar-refractivity contribution in [2.24, 2.45) is 0 Å². The van der Waals surface area contributed by atoms with Crippen LogP contribution in [0.5, 0.6) is 0 Å². The summed E-state index contributed by atoms with van der Waals surface area (Å²) in [4.78, 5) is 28.3. The van der Waals surface area contributed by atoms with Crippen LogP contribution in [0.3, 0.4) is 0 Å². The van der Waals surface area contributed by atoms with E-state index < -0.39 is 0 Å². The number of hydrogen-bond acceptors (Lipinski definition) is 2. The molecule has 0 unspecified atom stereocenters. The normalized spacial score (nSPS) is 11.7. The molecule has 0 saturated heterocycles. The predicted octanol–water partition coefficient (Wildman–Crippen LogP) is 6.47. The summed E-state index contributed by atoms with van der Waals surface area (Å²) in [6.45, 7) is 7.88. The number of hydrogen-bond donors (Lipinski definition) is 0. The standard InChI is InChI=1S/C32H21N3O2/c1-3-20(2)33-27-18-10-17-26-28(27)35-29(32(33)37)24-15-7-8-16-25(24)30(35)34(31(26)36)23-14-9-13-22(19-23)21-11-5-4-6-12-21/h3-19H,1-2H2. The lowest BCUT2D eigenvalue weighted by molar-refractivity contribution is 0.994. The number of aromatic nitrogens is 3. The maximum atomic E-state index is 14.3. The minimum absolute atomic E-state index is 0.150. The Kier molecular flexibility index (Phi) is 4.38. The summed E-state index contributed by atoms with van der Waals surface area (Å²) in [5.74, 6) is 0. The van der Waals surface area contributed by atoms with Crippen molar-refractivity contribution in [3.63, 3.8) is 0 Å². The lowest BCUT2D eigenvalue weighted by Gasteiger charge is -2.18. The molecular formula is C32H21N3O2. The van der Waals surface area contributed by atoms with Crippen LogP contribution in [0.25, 0.3) is 60.9 Å². The molecular weight excluding hydrogens is 458 g/mol. The monoisotopic (exact) mass is 479 g/mol. The Balaban J connectivity index is 1.74. The smallest absolute Gasteiger partial charge is 0.280 e. The van der Waals surface area contributed by atoms with Gasteiger partial charge in [-0.1, -0.05) is 86.0 Å². The zero-order valence-corrected chi connectivity index (χ0v) is 19.9. The predicted molar refractivity (Wildman–Crippen MR) is 152 cm³/mol. The van der Waals surface area contributed by atoms with Gasteiger partial charge in [-0.15, -0.1) is 0 Å². The Morgan fingerprint density at radius 1 is 0.676 bits per heavy atom. The minimum Gasteiger partial charge on any atom is -0.287 e. The fraction of sp³-hybridized carbons (Fsp3) is 0. The largest absolute Gasteiger partial charge is 0.287 e. The van der Waals surface area contributed by atoms with Gasteiger partial charge in [0, 0.05) is 16.5 Å². The lowest BCUT2D eigenvalue weighted by atomic mass is 10.1. The summed E-state index contributed by atoms with van der Waals surface area (Å²) in [5, 5.41) is 2.13. The summed E-state index contributed by atoms with van der Waals surface area (Å²) in [7, 11) is 0. The third-order valence-electron chi connectivity index (χ3n) is 7.12. The van der Waals surface area contributed by atoms with Crippen LogP contribution < -0.4 is 11.1 Å². The molecule has 0 aliphatic heterocycles. The summed E-state index contributed by atoms with van der Waals surface area (Å²) in [5.41, 5.74) is 5.38. The fourth-order valence-corrected chi connectivity index (χ4v) is 5.50. The van der Waals surface area contributed by atoms with Gasteiger partial charge in [-0.05, 0) is 41.5 Å². The highest BCUT2D eigenvalue weighted by Crippen LogP contribution is 2.34. The van der Waals surface area contributed by atoms with Crippen molar-refractivity contribution >= 4 is 44.1 Å². The average Bonchev–Trinajstić information content (AvgIpc) is 3.29. The molecule has 0 radical (unpaired) electrons. The van der Waals surface area contributed by atoms with Gasteiger partial charge in [0.2, 0.25) is 0 Å². The molecule has 5 nitrogen and oxygen atoms in total. The van der Waals surface area contributed by atoms with Gasteiger partial charge in [-0.2, -0.15) is 0 Å². The van der Waals surface area contributed by atoms with Crippen LogP contribution in [0, 0.1) is 0 Å². The average molecular weight is 480 g/mol. The fourth-order valence-electron chi connectivity index (χ4n) is 5.50. The summed E-state index contributed by atoms with van der Waals surface area (Å²) >= 11 is 0. The van der Waals surface area contributed by atoms with Gasteiger partial charge >= 0.3 is 0 Å². The molecule has 0 bridgehead atoms. The molecule has 0 N–H and O–H groups in total. The third-order valence-corrected chi connectivity index (χ3v) is 7.12. The molecule has 0 fully saturated rings. The molecule has 0 spiro atoms. The van der Waals surface area contributed by atoms with E-state index in [1.807, 2.05) is 95.4 Å². The van der Waals surface area contributed by atoms with E-state index in [0.29, 0.717) is 33.3 Å². The van der Waals surface area contributed by atoms with Gasteiger partial charge in [0.05, 0.1) is 22.1 Å². The Hall–Kier alpha value is -5.16. The van der Waals surface area contributed by atoms with Crippen molar-refractivity contribution in [2.75, 3.05) is 0 Å². The van der Waals surface area contributed by atoms with Crippen molar-refractivity contribution in [3.05, 3.63) is 137 Å². The van der Waals surface area contributed by atoms with Crippen molar-refractivity contribution in [1.82, 2.24) is 13.5 Å². The summed E-state index contributed by atoms with van der Waals surface area (Å²) < 4.78 is 5.23. The topological polar surface area (TPSA) is 48.4 Å². The molecule has 5 heteroatoms. The van der Waals surface area contributed by atoms with E-state index in [0.717, 1.165) is 27.6 Å². The van der Waals surface area contributed by atoms with Crippen LogP contribution in [0.15, 0.2) is 126 Å². The minimum atomic E-state index is -0.204. The molecule has 0 saturated carbocycles. The second kappa shape index (κ2) is 7.67. The molecule has 0 amide bonds. The van der Waals surface area contributed by atoms with E-state index in [2.05, 4.69) is 13.2 Å². The van der Waals surface area contributed by atoms with E-state index >= 15 is 0 Å². The van der Waals surface area contributed by atoms with Crippen LogP contribution in [-0.4, -0.2) is 13.5 Å². The van der Waals surface area contributed by atoms with Crippen LogP contribution in [0.1, 0.15) is 0 Å². The molecule has 0 aliphatic rings. The lowest BCUT2D eigenvalue weighted by Crippen LogP contribution is -2.26. The molecule has 37 heavy (non-hydrogen) atoms. The molecule has 176 valence electrons. The highest BCUT2D eigenvalue weighted by Gasteiger charge is 2.24. The van der Waals surface area contributed by atoms with Crippen molar-refractivity contribution in [2.45, 2.75) is 0 Å². The highest BCUT2D eigenvalue weighted by atomic mass is 16.1. The first-order valence-electron chi connectivity index (χ1n) is 12.0. The first kappa shape index (κ1) is 21.1. The van der Waals surface area contributed by atoms with Gasteiger partial charge in [0.25, 0.3) is 11.1 Å². The second-order valence-corrected chi connectivity index (χ2v) is 9.12. The van der Waals surface area contributed by atoms with Gasteiger partial charge in [0.1, 0.15) is 11.2 Å². The summed E-state index contributed by atoms with van der Waals surface area (Å²) in [6, 6.07) is 31.2. The van der Waals surface area contributed by atoms with E-state index in [1.54, 1.807) is 21.3 Å². The van der Waals surface area contributed by atoms with Gasteiger partial charge in [-0.25, -0.2) is 0 Å². The Morgan fingerprint density at radius 3 is 2.14 bits per heavy atom. The first-order valence-corrected chi connectivity index (χ1v) is 12.0. The van der Waals surface area contributed by atoms with Crippen LogP contribution >= 0.6 is 0 Å². The van der Waals surface area contributed by atoms with Gasteiger partial charge in [-0.3, -0.25) is 23.1 Å². The molecule has 0 atom stereocenters. The first-order chi connectivity index (χ1) is 18.1. The van der Waals surface area contributed by atoms with Crippen molar-refractivity contribution in [3.8, 4) is 16.8 Å². The molecule has 4 aromatic carbocycles. The van der Waals surface area contributed by atoms with Gasteiger partial charge in [0.15, 0.2) is 0 Å². The maximum Gasteiger partial charge on any atom is 0.280 e. The number of allylic oxidation sites excluding steroid dienone is 2. The second-order valence-electron chi connectivity index (χ2n) is 9.12. The quantitative estimate of drug-likeness (QED) is 0.272. The molecule has 7 rings (SSSR count). The highest BCUT2D eigenvalue weighted by molar-refractivity contribution is 6.12. The van der Waals surface area contributed by atoms with Crippen molar-refractivity contribution < 1.29 is 0 Å². The maximum absolute atomic E-state index is 14.3. The summed E-state index contributed by atoms with van der Waals surface area (Å²) in [6.07, 6.45) is 1.56. The number of rotatable bonds is 4. The molecule has 3 heterocycles. The van der Waals surface area contributed by atoms with E-state index in [4.69, 9.17) is 0 Å². The number of fused-ring (bicyclic) bond motifs is 3. The van der Waals surface area contributed by atoms with Crippen LogP contribution in [0.4, 0.5) is 0 Å². The van der Waals surface area contributed by atoms with E-state index in [1.165, 1.54) is 0 Å². The van der Waals surface area contributed by atoms with E-state index in [9.17, 15) is 9.59 Å². The number of nitrogens with zero attached hydrogens (tertiary/aromatic N) is 3. The van der Waals surface area contributed by atoms with E-state index in [-0.39, 0.29) is 11.1 Å². The number of benzene rings is 4. The Bertz CT molecular complexity index is 2160. The zero-order valence-electron chi connectivity index (χ0n) is 19.9. The Morgan fingerprint density at radius 2 is 1.35 bits per heavy atom. The van der Waals surface area contributed by atoms with Crippen molar-refractivity contribution in [1.29, 1.82) is 0 Å². The molecule has 0 aliphatic carbocycles. The zero-order chi connectivity index (χ0) is 25.3. The Labute approximate surface area is 211 Å². The molecule has 7 aromatic rings. The number of para-hydroxylation sites is 1. The van der Waals surface area contributed by atoms with Gasteiger partial charge < -0.3 is 0 Å². The third kappa shape index (κ3) is 2.79. The molecule has 3 aromatic heterocycles. The van der Waals surface area contributed by atoms with Crippen LogP contribution in [-0.2, 0) is 0 Å². The SMILES string of the molecule is C=CC(=C)n1c(=O)c2c3ccccc3c3n(-c4cccc(-c5ccccc5)c4)c(=O)c4cccc1c4n23. The van der Waals surface area contributed by atoms with Crippen LogP contribution in [0.2, 0.25) is 0 Å².